The number of amides is 1. The zero-order valence-electron chi connectivity index (χ0n) is 16.1. The lowest BCUT2D eigenvalue weighted by Gasteiger charge is -2.33. The number of hydrogen-bond donors (Lipinski definition) is 0. The molecule has 0 N–H and O–H groups in total. The topological polar surface area (TPSA) is 54.3 Å². The second-order valence-electron chi connectivity index (χ2n) is 7.16. The second kappa shape index (κ2) is 8.34. The summed E-state index contributed by atoms with van der Waals surface area (Å²) < 4.78 is 2.09. The Morgan fingerprint density at radius 2 is 2.15 bits per heavy atom. The number of likely N-dealkylation sites (tertiary alicyclic amines) is 1. The lowest BCUT2D eigenvalue weighted by atomic mass is 9.91. The monoisotopic (exact) mass is 355 g/mol. The maximum absolute atomic E-state index is 12.7. The fraction of sp³-hybridized carbons (Fsp3) is 0.550. The van der Waals surface area contributed by atoms with Gasteiger partial charge < -0.3 is 14.4 Å². The number of piperidine rings is 1. The van der Waals surface area contributed by atoms with Gasteiger partial charge in [0.2, 0.25) is 5.91 Å². The first-order valence-corrected chi connectivity index (χ1v) is 9.49. The first kappa shape index (κ1) is 18.4. The fourth-order valence-electron chi connectivity index (χ4n) is 3.64. The highest BCUT2D eigenvalue weighted by Crippen LogP contribution is 2.28. The van der Waals surface area contributed by atoms with Crippen LogP contribution in [0.2, 0.25) is 0 Å². The molecule has 2 aromatic heterocycles. The Balaban J connectivity index is 1.61. The van der Waals surface area contributed by atoms with Crippen LogP contribution in [0.15, 0.2) is 30.7 Å². The van der Waals surface area contributed by atoms with Gasteiger partial charge in [-0.05, 0) is 30.5 Å². The molecule has 0 aliphatic carbocycles. The Hall–Kier alpha value is -2.37. The van der Waals surface area contributed by atoms with Crippen molar-refractivity contribution < 1.29 is 4.79 Å². The van der Waals surface area contributed by atoms with E-state index in [1.54, 1.807) is 0 Å². The first-order valence-electron chi connectivity index (χ1n) is 9.49. The number of carbonyl (C=O) groups excluding carboxylic acids is 1. The Kier molecular flexibility index (Phi) is 5.91. The summed E-state index contributed by atoms with van der Waals surface area (Å²) in [7, 11) is 4.01. The third-order valence-corrected chi connectivity index (χ3v) is 5.16. The van der Waals surface area contributed by atoms with Crippen molar-refractivity contribution in [3.05, 3.63) is 42.1 Å². The van der Waals surface area contributed by atoms with Crippen molar-refractivity contribution in [3.8, 4) is 0 Å². The number of nitrogens with zero attached hydrogens (tertiary/aromatic N) is 5. The molecule has 140 valence electrons. The summed E-state index contributed by atoms with van der Waals surface area (Å²) in [5, 5.41) is 0. The largest absolute Gasteiger partial charge is 0.363 e. The summed E-state index contributed by atoms with van der Waals surface area (Å²) in [4.78, 5) is 25.5. The molecule has 3 heterocycles. The molecule has 0 unspecified atom stereocenters. The second-order valence-corrected chi connectivity index (χ2v) is 7.16. The molecular weight excluding hydrogens is 326 g/mol. The van der Waals surface area contributed by atoms with Crippen molar-refractivity contribution in [2.75, 3.05) is 32.1 Å². The number of aromatic nitrogens is 3. The number of aryl methyl sites for hydroxylation is 2. The Morgan fingerprint density at radius 3 is 2.92 bits per heavy atom. The summed E-state index contributed by atoms with van der Waals surface area (Å²) in [5.41, 5.74) is 1.28. The van der Waals surface area contributed by atoms with Gasteiger partial charge in [-0.3, -0.25) is 4.79 Å². The van der Waals surface area contributed by atoms with E-state index >= 15 is 0 Å². The maximum Gasteiger partial charge on any atom is 0.224 e. The van der Waals surface area contributed by atoms with E-state index in [9.17, 15) is 4.79 Å². The normalized spacial score (nSPS) is 17.3. The highest BCUT2D eigenvalue weighted by Gasteiger charge is 2.25. The van der Waals surface area contributed by atoms with E-state index in [1.807, 2.05) is 42.5 Å². The van der Waals surface area contributed by atoms with E-state index in [1.165, 1.54) is 5.56 Å². The van der Waals surface area contributed by atoms with Gasteiger partial charge in [0.25, 0.3) is 0 Å². The van der Waals surface area contributed by atoms with Gasteiger partial charge in [-0.15, -0.1) is 0 Å². The molecule has 26 heavy (non-hydrogen) atoms. The molecule has 0 bridgehead atoms. The lowest BCUT2D eigenvalue weighted by Crippen LogP contribution is -2.39. The van der Waals surface area contributed by atoms with E-state index in [0.717, 1.165) is 44.0 Å². The van der Waals surface area contributed by atoms with Crippen molar-refractivity contribution in [2.24, 2.45) is 0 Å². The smallest absolute Gasteiger partial charge is 0.224 e. The third kappa shape index (κ3) is 4.23. The molecule has 6 heteroatoms. The standard InChI is InChI=1S/C20H29N5O/c1-4-18-22-10-13-24(18)12-8-20(26)25-11-5-6-17(15-25)16-7-9-21-19(14-16)23(2)3/h7,9-10,13-14,17H,4-6,8,11-12,15H2,1-3H3/t17-/m1/s1. The van der Waals surface area contributed by atoms with Crippen LogP contribution in [0.4, 0.5) is 5.82 Å². The van der Waals surface area contributed by atoms with Crippen LogP contribution < -0.4 is 4.90 Å². The summed E-state index contributed by atoms with van der Waals surface area (Å²) in [6.45, 7) is 4.47. The van der Waals surface area contributed by atoms with Crippen LogP contribution in [-0.4, -0.2) is 52.5 Å². The summed E-state index contributed by atoms with van der Waals surface area (Å²) in [5.74, 6) is 2.65. The van der Waals surface area contributed by atoms with Gasteiger partial charge in [0.15, 0.2) is 0 Å². The summed E-state index contributed by atoms with van der Waals surface area (Å²) in [6.07, 6.45) is 9.26. The van der Waals surface area contributed by atoms with Gasteiger partial charge in [0.05, 0.1) is 0 Å². The summed E-state index contributed by atoms with van der Waals surface area (Å²) >= 11 is 0. The SMILES string of the molecule is CCc1nccn1CCC(=O)N1CCC[C@@H](c2ccnc(N(C)C)c2)C1. The average Bonchev–Trinajstić information content (AvgIpc) is 3.14. The molecule has 0 aromatic carbocycles. The quantitative estimate of drug-likeness (QED) is 0.799. The number of imidazole rings is 1. The van der Waals surface area contributed by atoms with Crippen molar-refractivity contribution in [1.29, 1.82) is 0 Å². The van der Waals surface area contributed by atoms with Crippen LogP contribution in [0, 0.1) is 0 Å². The third-order valence-electron chi connectivity index (χ3n) is 5.16. The summed E-state index contributed by atoms with van der Waals surface area (Å²) in [6, 6.07) is 4.24. The first-order chi connectivity index (χ1) is 12.6. The minimum atomic E-state index is 0.243. The molecule has 1 aliphatic rings. The highest BCUT2D eigenvalue weighted by atomic mass is 16.2. The number of hydrogen-bond acceptors (Lipinski definition) is 4. The van der Waals surface area contributed by atoms with Crippen molar-refractivity contribution in [1.82, 2.24) is 19.4 Å². The van der Waals surface area contributed by atoms with Gasteiger partial charge in [-0.2, -0.15) is 0 Å². The molecule has 6 nitrogen and oxygen atoms in total. The lowest BCUT2D eigenvalue weighted by molar-refractivity contribution is -0.132. The molecule has 0 spiro atoms. The van der Waals surface area contributed by atoms with Gasteiger partial charge in [-0.25, -0.2) is 9.97 Å². The fourth-order valence-corrected chi connectivity index (χ4v) is 3.64. The molecular formula is C20H29N5O. The van der Waals surface area contributed by atoms with E-state index in [4.69, 9.17) is 0 Å². The predicted octanol–water partition coefficient (Wildman–Crippen LogP) is 2.70. The molecule has 0 saturated carbocycles. The van der Waals surface area contributed by atoms with Crippen LogP contribution in [0.3, 0.4) is 0 Å². The molecule has 2 aromatic rings. The van der Waals surface area contributed by atoms with Gasteiger partial charge >= 0.3 is 0 Å². The minimum Gasteiger partial charge on any atom is -0.363 e. The zero-order chi connectivity index (χ0) is 18.5. The molecule has 1 atom stereocenters. The van der Waals surface area contributed by atoms with Gasteiger partial charge in [0, 0.05) is 71.1 Å². The van der Waals surface area contributed by atoms with E-state index in [0.29, 0.717) is 18.9 Å². The highest BCUT2D eigenvalue weighted by molar-refractivity contribution is 5.76. The molecule has 1 amide bonds. The van der Waals surface area contributed by atoms with E-state index in [-0.39, 0.29) is 5.91 Å². The molecule has 0 radical (unpaired) electrons. The molecule has 3 rings (SSSR count). The number of carbonyl (C=O) groups is 1. The number of pyridine rings is 1. The Bertz CT molecular complexity index is 739. The molecule has 1 fully saturated rings. The van der Waals surface area contributed by atoms with Gasteiger partial charge in [-0.1, -0.05) is 6.92 Å². The zero-order valence-corrected chi connectivity index (χ0v) is 16.1. The molecule has 1 saturated heterocycles. The minimum absolute atomic E-state index is 0.243. The number of anilines is 1. The van der Waals surface area contributed by atoms with Crippen LogP contribution in [0.25, 0.3) is 0 Å². The van der Waals surface area contributed by atoms with Crippen LogP contribution in [0.5, 0.6) is 0 Å². The van der Waals surface area contributed by atoms with E-state index < -0.39 is 0 Å². The average molecular weight is 355 g/mol. The van der Waals surface area contributed by atoms with Crippen molar-refractivity contribution in [2.45, 2.75) is 45.1 Å². The van der Waals surface area contributed by atoms with Crippen molar-refractivity contribution >= 4 is 11.7 Å². The van der Waals surface area contributed by atoms with Crippen molar-refractivity contribution in [3.63, 3.8) is 0 Å². The molecule has 1 aliphatic heterocycles. The van der Waals surface area contributed by atoms with Crippen LogP contribution in [-0.2, 0) is 17.8 Å². The number of rotatable bonds is 6. The Labute approximate surface area is 155 Å². The maximum atomic E-state index is 12.7. The van der Waals surface area contributed by atoms with Crippen LogP contribution >= 0.6 is 0 Å². The van der Waals surface area contributed by atoms with Gasteiger partial charge in [0.1, 0.15) is 11.6 Å². The Morgan fingerprint density at radius 1 is 1.31 bits per heavy atom. The van der Waals surface area contributed by atoms with Crippen LogP contribution in [0.1, 0.15) is 43.5 Å². The van der Waals surface area contributed by atoms with E-state index in [2.05, 4.69) is 33.6 Å². The predicted molar refractivity (Wildman–Crippen MR) is 103 cm³/mol.